The smallest absolute Gasteiger partial charge is 0.227 e. The Morgan fingerprint density at radius 1 is 1.45 bits per heavy atom. The van der Waals surface area contributed by atoms with Crippen molar-refractivity contribution in [1.82, 2.24) is 4.90 Å². The van der Waals surface area contributed by atoms with Gasteiger partial charge in [0.15, 0.2) is 0 Å². The molecule has 20 heavy (non-hydrogen) atoms. The molecule has 114 valence electrons. The number of carbonyl (C=O) groups excluding carboxylic acids is 1. The molecule has 0 spiro atoms. The predicted molar refractivity (Wildman–Crippen MR) is 85.3 cm³/mol. The van der Waals surface area contributed by atoms with Crippen LogP contribution in [0.3, 0.4) is 0 Å². The van der Waals surface area contributed by atoms with Gasteiger partial charge in [-0.2, -0.15) is 0 Å². The van der Waals surface area contributed by atoms with E-state index in [0.29, 0.717) is 12.1 Å². The van der Waals surface area contributed by atoms with E-state index in [1.54, 1.807) is 30.9 Å². The lowest BCUT2D eigenvalue weighted by Crippen LogP contribution is -2.41. The molecule has 0 fully saturated rings. The second-order valence-corrected chi connectivity index (χ2v) is 5.65. The maximum Gasteiger partial charge on any atom is 0.227 e. The highest BCUT2D eigenvalue weighted by molar-refractivity contribution is 9.10. The summed E-state index contributed by atoms with van der Waals surface area (Å²) < 4.78 is 14.5. The van der Waals surface area contributed by atoms with Crippen molar-refractivity contribution < 1.29 is 9.18 Å². The van der Waals surface area contributed by atoms with Gasteiger partial charge in [-0.25, -0.2) is 4.39 Å². The van der Waals surface area contributed by atoms with E-state index in [1.165, 1.54) is 6.07 Å². The van der Waals surface area contributed by atoms with Crippen molar-refractivity contribution in [2.75, 3.05) is 6.54 Å². The van der Waals surface area contributed by atoms with Gasteiger partial charge in [0.05, 0.1) is 5.92 Å². The number of hydrogen-bond acceptors (Lipinski definition) is 2. The first-order chi connectivity index (χ1) is 8.86. The maximum absolute atomic E-state index is 13.7. The topological polar surface area (TPSA) is 46.3 Å². The Balaban J connectivity index is 0.00000361. The molecule has 0 aliphatic carbocycles. The van der Waals surface area contributed by atoms with Gasteiger partial charge < -0.3 is 10.6 Å². The number of benzene rings is 1. The van der Waals surface area contributed by atoms with E-state index < -0.39 is 0 Å². The summed E-state index contributed by atoms with van der Waals surface area (Å²) in [4.78, 5) is 13.9. The van der Waals surface area contributed by atoms with E-state index >= 15 is 0 Å². The Hall–Kier alpha value is -0.650. The molecule has 1 amide bonds. The number of rotatable bonds is 5. The minimum Gasteiger partial charge on any atom is -0.338 e. The molecule has 2 N–H and O–H groups in total. The summed E-state index contributed by atoms with van der Waals surface area (Å²) >= 11 is 3.31. The van der Waals surface area contributed by atoms with Gasteiger partial charge in [0.2, 0.25) is 5.91 Å². The van der Waals surface area contributed by atoms with Gasteiger partial charge in [0, 0.05) is 29.2 Å². The highest BCUT2D eigenvalue weighted by Crippen LogP contribution is 2.18. The van der Waals surface area contributed by atoms with E-state index in [9.17, 15) is 9.18 Å². The largest absolute Gasteiger partial charge is 0.338 e. The summed E-state index contributed by atoms with van der Waals surface area (Å²) in [6, 6.07) is 4.52. The number of nitrogens with two attached hydrogens (primary N) is 1. The van der Waals surface area contributed by atoms with Crippen molar-refractivity contribution in [1.29, 1.82) is 0 Å². The van der Waals surface area contributed by atoms with E-state index in [4.69, 9.17) is 5.73 Å². The first-order valence-corrected chi connectivity index (χ1v) is 7.14. The van der Waals surface area contributed by atoms with Crippen LogP contribution in [0.1, 0.15) is 26.3 Å². The molecule has 0 saturated heterocycles. The van der Waals surface area contributed by atoms with Crippen LogP contribution in [0.5, 0.6) is 0 Å². The summed E-state index contributed by atoms with van der Waals surface area (Å²) in [6.07, 6.45) is 0. The van der Waals surface area contributed by atoms with Crippen molar-refractivity contribution in [2.45, 2.75) is 33.4 Å². The maximum atomic E-state index is 13.7. The molecular weight excluding hydrogens is 347 g/mol. The average molecular weight is 368 g/mol. The Kier molecular flexibility index (Phi) is 8.32. The molecular formula is C14H21BrClFN2O. The van der Waals surface area contributed by atoms with Crippen LogP contribution < -0.4 is 5.73 Å². The molecule has 0 aliphatic rings. The van der Waals surface area contributed by atoms with Crippen LogP contribution >= 0.6 is 28.3 Å². The highest BCUT2D eigenvalue weighted by atomic mass is 79.9. The number of amides is 1. The Morgan fingerprint density at radius 2 is 2.05 bits per heavy atom. The standard InChI is InChI=1S/C14H20BrFN2O.ClH/c1-4-18(14(19)9(2)10(3)17)8-11-7-12(15)5-6-13(11)16;/h5-7,9-10H,4,8,17H2,1-3H3;1H. The lowest BCUT2D eigenvalue weighted by atomic mass is 10.0. The van der Waals surface area contributed by atoms with Crippen molar-refractivity contribution in [3.63, 3.8) is 0 Å². The average Bonchev–Trinajstić information content (AvgIpc) is 2.37. The number of halogens is 3. The molecule has 2 unspecified atom stereocenters. The SMILES string of the molecule is CCN(Cc1cc(Br)ccc1F)C(=O)C(C)C(C)N.Cl. The lowest BCUT2D eigenvalue weighted by Gasteiger charge is -2.26. The minimum absolute atomic E-state index is 0. The number of nitrogens with zero attached hydrogens (tertiary/aromatic N) is 1. The number of hydrogen-bond donors (Lipinski definition) is 1. The molecule has 0 aromatic heterocycles. The predicted octanol–water partition coefficient (Wildman–Crippen LogP) is 3.34. The Labute approximate surface area is 134 Å². The van der Waals surface area contributed by atoms with Crippen LogP contribution in [0, 0.1) is 11.7 Å². The van der Waals surface area contributed by atoms with Crippen LogP contribution in [0.15, 0.2) is 22.7 Å². The molecule has 0 radical (unpaired) electrons. The highest BCUT2D eigenvalue weighted by Gasteiger charge is 2.23. The Morgan fingerprint density at radius 3 is 2.55 bits per heavy atom. The summed E-state index contributed by atoms with van der Waals surface area (Å²) in [7, 11) is 0. The zero-order valence-electron chi connectivity index (χ0n) is 11.9. The van der Waals surface area contributed by atoms with Gasteiger partial charge >= 0.3 is 0 Å². The van der Waals surface area contributed by atoms with Crippen LogP contribution in [0.2, 0.25) is 0 Å². The fourth-order valence-electron chi connectivity index (χ4n) is 1.73. The minimum atomic E-state index is -0.303. The third-order valence-corrected chi connectivity index (χ3v) is 3.73. The zero-order chi connectivity index (χ0) is 14.6. The fourth-order valence-corrected chi connectivity index (χ4v) is 2.14. The van der Waals surface area contributed by atoms with E-state index in [0.717, 1.165) is 4.47 Å². The Bertz CT molecular complexity index is 457. The van der Waals surface area contributed by atoms with Crippen LogP contribution in [-0.2, 0) is 11.3 Å². The molecule has 3 nitrogen and oxygen atoms in total. The second kappa shape index (κ2) is 8.60. The van der Waals surface area contributed by atoms with E-state index in [2.05, 4.69) is 15.9 Å². The summed E-state index contributed by atoms with van der Waals surface area (Å²) in [5.74, 6) is -0.616. The third kappa shape index (κ3) is 5.04. The van der Waals surface area contributed by atoms with Gasteiger partial charge in [-0.05, 0) is 32.0 Å². The molecule has 1 rings (SSSR count). The van der Waals surface area contributed by atoms with Gasteiger partial charge in [0.25, 0.3) is 0 Å². The van der Waals surface area contributed by atoms with Crippen LogP contribution in [-0.4, -0.2) is 23.4 Å². The van der Waals surface area contributed by atoms with E-state index in [1.807, 2.05) is 6.92 Å². The summed E-state index contributed by atoms with van der Waals surface area (Å²) in [5.41, 5.74) is 6.25. The van der Waals surface area contributed by atoms with Gasteiger partial charge in [-0.15, -0.1) is 12.4 Å². The van der Waals surface area contributed by atoms with E-state index in [-0.39, 0.29) is 42.6 Å². The molecule has 2 atom stereocenters. The fraction of sp³-hybridized carbons (Fsp3) is 0.500. The first-order valence-electron chi connectivity index (χ1n) is 6.35. The van der Waals surface area contributed by atoms with Crippen molar-refractivity contribution in [3.05, 3.63) is 34.1 Å². The summed E-state index contributed by atoms with van der Waals surface area (Å²) in [5, 5.41) is 0. The van der Waals surface area contributed by atoms with Gasteiger partial charge in [-0.3, -0.25) is 4.79 Å². The number of carbonyl (C=O) groups is 1. The van der Waals surface area contributed by atoms with Crippen LogP contribution in [0.4, 0.5) is 4.39 Å². The molecule has 0 bridgehead atoms. The summed E-state index contributed by atoms with van der Waals surface area (Å²) in [6.45, 7) is 6.27. The monoisotopic (exact) mass is 366 g/mol. The van der Waals surface area contributed by atoms with Gasteiger partial charge in [0.1, 0.15) is 5.82 Å². The lowest BCUT2D eigenvalue weighted by molar-refractivity contribution is -0.135. The quantitative estimate of drug-likeness (QED) is 0.867. The van der Waals surface area contributed by atoms with Crippen molar-refractivity contribution >= 4 is 34.2 Å². The molecule has 1 aromatic rings. The molecule has 0 aliphatic heterocycles. The van der Waals surface area contributed by atoms with Gasteiger partial charge in [-0.1, -0.05) is 22.9 Å². The zero-order valence-corrected chi connectivity index (χ0v) is 14.3. The van der Waals surface area contributed by atoms with Crippen molar-refractivity contribution in [2.24, 2.45) is 11.7 Å². The molecule has 6 heteroatoms. The molecule has 0 saturated carbocycles. The normalized spacial score (nSPS) is 13.3. The van der Waals surface area contributed by atoms with Crippen molar-refractivity contribution in [3.8, 4) is 0 Å². The third-order valence-electron chi connectivity index (χ3n) is 3.24. The first kappa shape index (κ1) is 19.4. The molecule has 1 aromatic carbocycles. The van der Waals surface area contributed by atoms with Crippen LogP contribution in [0.25, 0.3) is 0 Å². The second-order valence-electron chi connectivity index (χ2n) is 4.74. The molecule has 0 heterocycles.